The Morgan fingerprint density at radius 3 is 1.16 bits per heavy atom. The second kappa shape index (κ2) is 30.6. The average molecular weight is 1560 g/mol. The number of aromatic nitrogens is 6. The van der Waals surface area contributed by atoms with Crippen LogP contribution in [0.1, 0.15) is 180 Å². The van der Waals surface area contributed by atoms with Crippen LogP contribution in [0.5, 0.6) is 0 Å². The number of aryl methyl sites for hydroxylation is 1. The van der Waals surface area contributed by atoms with Crippen LogP contribution in [0.2, 0.25) is 0 Å². The highest BCUT2D eigenvalue weighted by atomic mass is 32.2. The number of sulfonamides is 3. The molecule has 9 aromatic rings. The van der Waals surface area contributed by atoms with Gasteiger partial charge in [0.1, 0.15) is 14.7 Å². The number of nitrogens with one attached hydrogen (secondary N) is 1. The largest absolute Gasteiger partial charge is 0.343 e. The molecule has 7 heterocycles. The molecule has 3 aromatic carbocycles. The first kappa shape index (κ1) is 79.6. The van der Waals surface area contributed by atoms with Crippen molar-refractivity contribution in [3.8, 4) is 33.8 Å². The van der Waals surface area contributed by atoms with Crippen LogP contribution in [0, 0.1) is 45.4 Å². The molecule has 3 saturated carbocycles. The standard InChI is InChI=1S/C26H36N4O4S2.C25H36N4O4S2.C24H34N4O4S2/c1-19-10-9-13-22-23(18-30(26(19)22)36(33,34)28-14-7-4-8-15-28)24-16-25(35(27,31)32)20(2)29(24)17-21-11-5-3-6-12-21;1-18-24(34(26,30)31)15-23(28(18)16-19-11-7-6-8-12-19)21-17-29(22-14-10-9-13-20(21)22)35(32,33)27(5)25(2,3)4;1-17-23(33(25,29)30)14-22(27(17)15-18-10-6-5-7-11-18)20-16-28(21-13-9-8-12-19(20)21)34(31,32)26-24(2,3)4/h9-10,13,16,18,21H,3-8,11-12,14-15,17H2,1-2H3,(H2,27,31,32);9-10,13-15,17,19H,6-8,11-12,16H2,1-5H3,(H2,26,30,31);8-9,12-14,16,18,26H,5-7,10-11,15H2,1-4H3,(H2,25,29,30). The number of primary sulfonamides is 3. The van der Waals surface area contributed by atoms with Gasteiger partial charge >= 0.3 is 30.6 Å². The van der Waals surface area contributed by atoms with Gasteiger partial charge in [0.2, 0.25) is 30.1 Å². The van der Waals surface area contributed by atoms with Crippen LogP contribution in [-0.2, 0) is 80.3 Å². The molecule has 574 valence electrons. The Labute approximate surface area is 622 Å². The van der Waals surface area contributed by atoms with Crippen molar-refractivity contribution in [3.05, 3.63) is 126 Å². The Bertz CT molecular complexity index is 5430. The number of piperidine rings is 1. The predicted octanol–water partition coefficient (Wildman–Crippen LogP) is 13.1. The van der Waals surface area contributed by atoms with Crippen LogP contribution in [0.15, 0.2) is 118 Å². The van der Waals surface area contributed by atoms with Gasteiger partial charge in [-0.15, -0.1) is 0 Å². The zero-order valence-electron chi connectivity index (χ0n) is 62.5. The Balaban J connectivity index is 0.000000158. The maximum absolute atomic E-state index is 13.8. The summed E-state index contributed by atoms with van der Waals surface area (Å²) in [5, 5.41) is 19.0. The third-order valence-electron chi connectivity index (χ3n) is 21.7. The topological polar surface area (TPSA) is 331 Å². The van der Waals surface area contributed by atoms with E-state index in [1.54, 1.807) is 114 Å². The summed E-state index contributed by atoms with van der Waals surface area (Å²) >= 11 is 0. The molecule has 0 spiro atoms. The monoisotopic (exact) mass is 1560 g/mol. The highest BCUT2D eigenvalue weighted by Crippen LogP contribution is 2.43. The quantitative estimate of drug-likeness (QED) is 0.0623. The summed E-state index contributed by atoms with van der Waals surface area (Å²) in [5.41, 5.74) is 7.10. The van der Waals surface area contributed by atoms with Crippen LogP contribution >= 0.6 is 0 Å². The smallest absolute Gasteiger partial charge is 0.308 e. The summed E-state index contributed by atoms with van der Waals surface area (Å²) in [6.45, 7) is 21.2. The first-order valence-electron chi connectivity index (χ1n) is 36.6. The third-order valence-corrected chi connectivity index (χ3v) is 30.3. The normalized spacial score (nSPS) is 17.2. The SMILES string of the molecule is Cc1c(S(N)(=O)=O)cc(-c2cn(S(=O)(=O)N(C)C(C)(C)C)c3ccccc23)n1CC1CCCCC1.Cc1c(S(N)(=O)=O)cc(-c2cn(S(=O)(=O)NC(C)(C)C)c3ccccc23)n1CC1CCCCC1.Cc1cccc2c(-c3cc(S(N)(=O)=O)c(C)n3CC3CCCCC3)cn(S(=O)(=O)N3CCCCC3)c12. The molecule has 6 aromatic heterocycles. The highest BCUT2D eigenvalue weighted by Gasteiger charge is 2.36. The lowest BCUT2D eigenvalue weighted by Gasteiger charge is -2.31. The van der Waals surface area contributed by atoms with E-state index in [2.05, 4.69) is 4.72 Å². The van der Waals surface area contributed by atoms with Gasteiger partial charge in [0.15, 0.2) is 0 Å². The molecular weight excluding hydrogens is 1450 g/mol. The molecule has 24 nitrogen and oxygen atoms in total. The third kappa shape index (κ3) is 16.9. The first-order valence-corrected chi connectivity index (χ1v) is 45.5. The van der Waals surface area contributed by atoms with Crippen LogP contribution < -0.4 is 20.1 Å². The van der Waals surface area contributed by atoms with Gasteiger partial charge < -0.3 is 13.7 Å². The van der Waals surface area contributed by atoms with E-state index < -0.39 is 71.8 Å². The molecule has 30 heteroatoms. The molecule has 105 heavy (non-hydrogen) atoms. The van der Waals surface area contributed by atoms with E-state index in [4.69, 9.17) is 15.4 Å². The average Bonchev–Trinajstić information content (AvgIpc) is 1.59. The van der Waals surface area contributed by atoms with Crippen LogP contribution in [0.4, 0.5) is 0 Å². The van der Waals surface area contributed by atoms with Gasteiger partial charge in [-0.1, -0.05) is 119 Å². The molecule has 0 atom stereocenters. The minimum Gasteiger partial charge on any atom is -0.343 e. The van der Waals surface area contributed by atoms with Gasteiger partial charge in [0.05, 0.1) is 33.6 Å². The molecule has 1 saturated heterocycles. The van der Waals surface area contributed by atoms with Crippen molar-refractivity contribution in [1.29, 1.82) is 0 Å². The predicted molar refractivity (Wildman–Crippen MR) is 418 cm³/mol. The maximum Gasteiger partial charge on any atom is 0.308 e. The Hall–Kier alpha value is -6.42. The first-order chi connectivity index (χ1) is 49.1. The van der Waals surface area contributed by atoms with E-state index in [1.165, 1.54) is 74.0 Å². The summed E-state index contributed by atoms with van der Waals surface area (Å²) in [7, 11) is -21.8. The second-order valence-corrected chi connectivity index (χ2v) is 41.2. The number of para-hydroxylation sites is 3. The lowest BCUT2D eigenvalue weighted by Crippen LogP contribution is -2.44. The lowest BCUT2D eigenvalue weighted by atomic mass is 9.89. The number of rotatable bonds is 18. The van der Waals surface area contributed by atoms with Crippen molar-refractivity contribution in [3.63, 3.8) is 0 Å². The van der Waals surface area contributed by atoms with Crippen LogP contribution in [0.25, 0.3) is 66.5 Å². The molecule has 3 aliphatic carbocycles. The molecular formula is C75H106N12O12S6. The van der Waals surface area contributed by atoms with Gasteiger partial charge in [0, 0.05) is 119 Å². The molecule has 0 bridgehead atoms. The number of hydrogen-bond acceptors (Lipinski definition) is 12. The summed E-state index contributed by atoms with van der Waals surface area (Å²) in [6, 6.07) is 25.1. The van der Waals surface area contributed by atoms with Crippen molar-refractivity contribution in [2.45, 2.75) is 230 Å². The van der Waals surface area contributed by atoms with Crippen LogP contribution in [-0.4, -0.2) is 116 Å². The molecule has 0 amide bonds. The van der Waals surface area contributed by atoms with E-state index >= 15 is 0 Å². The second-order valence-electron chi connectivity index (χ2n) is 31.4. The Morgan fingerprint density at radius 1 is 0.438 bits per heavy atom. The Kier molecular flexibility index (Phi) is 23.2. The summed E-state index contributed by atoms with van der Waals surface area (Å²) in [6.07, 6.45) is 24.9. The van der Waals surface area contributed by atoms with E-state index in [9.17, 15) is 50.5 Å². The molecule has 4 aliphatic rings. The zero-order chi connectivity index (χ0) is 76.3. The number of benzene rings is 3. The van der Waals surface area contributed by atoms with Crippen molar-refractivity contribution >= 4 is 93.4 Å². The van der Waals surface area contributed by atoms with Crippen molar-refractivity contribution in [1.82, 2.24) is 39.0 Å². The van der Waals surface area contributed by atoms with E-state index in [-0.39, 0.29) is 14.7 Å². The minimum atomic E-state index is -3.95. The fourth-order valence-electron chi connectivity index (χ4n) is 16.0. The van der Waals surface area contributed by atoms with Crippen molar-refractivity contribution < 1.29 is 50.5 Å². The van der Waals surface area contributed by atoms with Crippen molar-refractivity contribution in [2.75, 3.05) is 20.1 Å². The van der Waals surface area contributed by atoms with Gasteiger partial charge in [-0.05, 0) is 174 Å². The van der Waals surface area contributed by atoms with Gasteiger partial charge in [-0.3, -0.25) is 0 Å². The van der Waals surface area contributed by atoms with Gasteiger partial charge in [-0.25, -0.2) is 52.6 Å². The molecule has 0 radical (unpaired) electrons. The molecule has 4 fully saturated rings. The highest BCUT2D eigenvalue weighted by molar-refractivity contribution is 7.90. The van der Waals surface area contributed by atoms with Crippen molar-refractivity contribution in [2.24, 2.45) is 33.2 Å². The number of hydrogen-bond donors (Lipinski definition) is 4. The fraction of sp³-hybridized carbons (Fsp3) is 0.520. The molecule has 7 N–H and O–H groups in total. The molecule has 13 rings (SSSR count). The number of nitrogens with zero attached hydrogens (tertiary/aromatic N) is 8. The van der Waals surface area contributed by atoms with Crippen LogP contribution in [0.3, 0.4) is 0 Å². The Morgan fingerprint density at radius 2 is 0.781 bits per heavy atom. The number of nitrogens with two attached hydrogens (primary N) is 3. The van der Waals surface area contributed by atoms with Gasteiger partial charge in [-0.2, -0.15) is 38.6 Å². The lowest BCUT2D eigenvalue weighted by molar-refractivity contribution is 0.289. The van der Waals surface area contributed by atoms with Gasteiger partial charge in [0.25, 0.3) is 0 Å². The van der Waals surface area contributed by atoms with E-state index in [1.807, 2.05) is 83.9 Å². The summed E-state index contributed by atoms with van der Waals surface area (Å²) < 4.78 is 172. The summed E-state index contributed by atoms with van der Waals surface area (Å²) in [5.74, 6) is 1.32. The summed E-state index contributed by atoms with van der Waals surface area (Å²) in [4.78, 5) is 0.251. The number of fused-ring (bicyclic) bond motifs is 3. The molecule has 0 unspecified atom stereocenters. The maximum atomic E-state index is 13.8. The van der Waals surface area contributed by atoms with E-state index in [0.717, 1.165) is 79.5 Å². The van der Waals surface area contributed by atoms with E-state index in [0.29, 0.717) is 118 Å². The fourth-order valence-corrected chi connectivity index (χ4v) is 23.2. The molecule has 1 aliphatic heterocycles. The minimum absolute atomic E-state index is 0.0748. The zero-order valence-corrected chi connectivity index (χ0v) is 67.4.